The van der Waals surface area contributed by atoms with Gasteiger partial charge in [0.2, 0.25) is 5.91 Å². The second-order valence-electron chi connectivity index (χ2n) is 8.43. The molecule has 0 saturated carbocycles. The van der Waals surface area contributed by atoms with Crippen LogP contribution in [0.25, 0.3) is 0 Å². The van der Waals surface area contributed by atoms with E-state index in [1.807, 2.05) is 0 Å². The van der Waals surface area contributed by atoms with Gasteiger partial charge in [-0.2, -0.15) is 12.6 Å². The molecule has 2 atom stereocenters. The molecule has 2 aromatic carbocycles. The molecule has 1 aliphatic rings. The molecule has 3 rings (SSSR count). The number of nitrogens with one attached hydrogen (secondary N) is 2. The summed E-state index contributed by atoms with van der Waals surface area (Å²) in [7, 11) is 0. The molecule has 2 aromatic rings. The summed E-state index contributed by atoms with van der Waals surface area (Å²) in [5, 5.41) is 6.14. The van der Waals surface area contributed by atoms with Gasteiger partial charge in [0.15, 0.2) is 0 Å². The zero-order valence-corrected chi connectivity index (χ0v) is 19.9. The standard InChI is InChI=1S/C25H33F2N3OS/c1-4-17-8-19-6-7-30(5-2)25(19)20(9-17)14-28-15-24(32)23(29-16(3)31)12-18-10-21(26)13-22(27)11-18/h8-11,13,23-24,28,32H,4-7,12,14-15H2,1-3H3,(H,29,31)/t23-,24+/m0/s1. The maximum absolute atomic E-state index is 13.6. The third kappa shape index (κ3) is 6.23. The molecule has 1 heterocycles. The fourth-order valence-corrected chi connectivity index (χ4v) is 4.78. The van der Waals surface area contributed by atoms with Crippen molar-refractivity contribution in [2.45, 2.75) is 57.9 Å². The largest absolute Gasteiger partial charge is 0.371 e. The van der Waals surface area contributed by atoms with Crippen LogP contribution in [-0.4, -0.2) is 36.8 Å². The third-order valence-electron chi connectivity index (χ3n) is 5.98. The first kappa shape index (κ1) is 24.5. The van der Waals surface area contributed by atoms with Gasteiger partial charge in [0.25, 0.3) is 0 Å². The third-order valence-corrected chi connectivity index (χ3v) is 6.53. The molecule has 2 N–H and O–H groups in total. The van der Waals surface area contributed by atoms with E-state index in [2.05, 4.69) is 41.5 Å². The zero-order valence-electron chi connectivity index (χ0n) is 19.0. The first-order valence-electron chi connectivity index (χ1n) is 11.3. The van der Waals surface area contributed by atoms with E-state index < -0.39 is 11.6 Å². The summed E-state index contributed by atoms with van der Waals surface area (Å²) >= 11 is 4.71. The monoisotopic (exact) mass is 461 g/mol. The summed E-state index contributed by atoms with van der Waals surface area (Å²) in [5.41, 5.74) is 5.86. The van der Waals surface area contributed by atoms with Crippen molar-refractivity contribution in [3.8, 4) is 0 Å². The molecule has 0 fully saturated rings. The predicted octanol–water partition coefficient (Wildman–Crippen LogP) is 4.05. The van der Waals surface area contributed by atoms with Gasteiger partial charge >= 0.3 is 0 Å². The van der Waals surface area contributed by atoms with Crippen LogP contribution in [0.2, 0.25) is 0 Å². The Bertz CT molecular complexity index is 933. The molecule has 1 amide bonds. The van der Waals surface area contributed by atoms with Crippen LogP contribution in [-0.2, 0) is 30.6 Å². The molecule has 1 aliphatic heterocycles. The van der Waals surface area contributed by atoms with E-state index in [0.29, 0.717) is 25.1 Å². The van der Waals surface area contributed by atoms with Crippen molar-refractivity contribution < 1.29 is 13.6 Å². The maximum Gasteiger partial charge on any atom is 0.217 e. The molecule has 0 saturated heterocycles. The van der Waals surface area contributed by atoms with Crippen molar-refractivity contribution >= 4 is 24.2 Å². The van der Waals surface area contributed by atoms with Crippen molar-refractivity contribution in [1.29, 1.82) is 0 Å². The van der Waals surface area contributed by atoms with Gasteiger partial charge in [0, 0.05) is 56.1 Å². The molecule has 4 nitrogen and oxygen atoms in total. The minimum absolute atomic E-state index is 0.196. The van der Waals surface area contributed by atoms with E-state index in [-0.39, 0.29) is 17.2 Å². The average molecular weight is 462 g/mol. The Morgan fingerprint density at radius 3 is 2.47 bits per heavy atom. The fourth-order valence-electron chi connectivity index (χ4n) is 4.48. The molecular weight excluding hydrogens is 428 g/mol. The summed E-state index contributed by atoms with van der Waals surface area (Å²) in [5.74, 6) is -1.45. The van der Waals surface area contributed by atoms with Crippen LogP contribution in [0.4, 0.5) is 14.5 Å². The summed E-state index contributed by atoms with van der Waals surface area (Å²) < 4.78 is 27.2. The Morgan fingerprint density at radius 2 is 1.84 bits per heavy atom. The highest BCUT2D eigenvalue weighted by Crippen LogP contribution is 2.33. The van der Waals surface area contributed by atoms with Crippen LogP contribution < -0.4 is 15.5 Å². The van der Waals surface area contributed by atoms with Gasteiger partial charge in [-0.3, -0.25) is 4.79 Å². The lowest BCUT2D eigenvalue weighted by atomic mass is 10.0. The number of fused-ring (bicyclic) bond motifs is 1. The maximum atomic E-state index is 13.6. The van der Waals surface area contributed by atoms with Gasteiger partial charge in [-0.05, 0) is 60.6 Å². The Hall–Kier alpha value is -2.12. The van der Waals surface area contributed by atoms with Gasteiger partial charge in [0.05, 0.1) is 0 Å². The van der Waals surface area contributed by atoms with E-state index in [1.165, 1.54) is 41.4 Å². The number of aryl methyl sites for hydroxylation is 1. The van der Waals surface area contributed by atoms with Gasteiger partial charge in [-0.25, -0.2) is 8.78 Å². The molecule has 0 aromatic heterocycles. The van der Waals surface area contributed by atoms with Crippen LogP contribution in [0.1, 0.15) is 43.0 Å². The highest BCUT2D eigenvalue weighted by Gasteiger charge is 2.23. The highest BCUT2D eigenvalue weighted by molar-refractivity contribution is 7.81. The predicted molar refractivity (Wildman–Crippen MR) is 130 cm³/mol. The molecule has 32 heavy (non-hydrogen) atoms. The molecule has 0 radical (unpaired) electrons. The van der Waals surface area contributed by atoms with Gasteiger partial charge in [-0.15, -0.1) is 0 Å². The number of thiol groups is 1. The molecular formula is C25H33F2N3OS. The molecule has 174 valence electrons. The van der Waals surface area contributed by atoms with E-state index in [4.69, 9.17) is 12.6 Å². The number of nitrogens with zero attached hydrogens (tertiary/aromatic N) is 1. The van der Waals surface area contributed by atoms with E-state index in [1.54, 1.807) is 0 Å². The number of amides is 1. The van der Waals surface area contributed by atoms with Crippen molar-refractivity contribution in [3.63, 3.8) is 0 Å². The molecule has 7 heteroatoms. The summed E-state index contributed by atoms with van der Waals surface area (Å²) in [6, 6.07) is 7.67. The number of likely N-dealkylation sites (N-methyl/N-ethyl adjacent to an activating group) is 1. The second-order valence-corrected chi connectivity index (χ2v) is 9.10. The van der Waals surface area contributed by atoms with Gasteiger partial charge in [0.1, 0.15) is 11.6 Å². The number of hydrogen-bond donors (Lipinski definition) is 3. The number of anilines is 1. The molecule has 0 unspecified atom stereocenters. The first-order valence-corrected chi connectivity index (χ1v) is 11.8. The van der Waals surface area contributed by atoms with Crippen LogP contribution in [0.5, 0.6) is 0 Å². The van der Waals surface area contributed by atoms with Crippen molar-refractivity contribution in [3.05, 3.63) is 64.2 Å². The number of carbonyl (C=O) groups excluding carboxylic acids is 1. The molecule has 0 aliphatic carbocycles. The Balaban J connectivity index is 1.68. The number of rotatable bonds is 10. The van der Waals surface area contributed by atoms with Gasteiger partial charge in [-0.1, -0.05) is 19.1 Å². The first-order chi connectivity index (χ1) is 15.3. The Labute approximate surface area is 195 Å². The van der Waals surface area contributed by atoms with E-state index in [9.17, 15) is 13.6 Å². The quantitative estimate of drug-likeness (QED) is 0.468. The number of benzene rings is 2. The second kappa shape index (κ2) is 11.1. The Morgan fingerprint density at radius 1 is 1.12 bits per heavy atom. The Kier molecular flexibility index (Phi) is 8.54. The van der Waals surface area contributed by atoms with Crippen LogP contribution >= 0.6 is 12.6 Å². The summed E-state index contributed by atoms with van der Waals surface area (Å²) in [6.45, 7) is 9.06. The SMILES string of the molecule is CCc1cc2c(c(CNC[C@@H](S)[C@H](Cc3cc(F)cc(F)c3)NC(C)=O)c1)N(CC)CC2. The number of halogens is 2. The molecule has 0 spiro atoms. The summed E-state index contributed by atoms with van der Waals surface area (Å²) in [6.07, 6.45) is 2.37. The average Bonchev–Trinajstić information content (AvgIpc) is 3.15. The van der Waals surface area contributed by atoms with Crippen molar-refractivity contribution in [1.82, 2.24) is 10.6 Å². The normalized spacial score (nSPS) is 14.9. The lowest BCUT2D eigenvalue weighted by molar-refractivity contribution is -0.119. The fraction of sp³-hybridized carbons (Fsp3) is 0.480. The number of hydrogen-bond acceptors (Lipinski definition) is 4. The lowest BCUT2D eigenvalue weighted by Crippen LogP contribution is -2.45. The van der Waals surface area contributed by atoms with Crippen LogP contribution in [0, 0.1) is 11.6 Å². The highest BCUT2D eigenvalue weighted by atomic mass is 32.1. The topological polar surface area (TPSA) is 44.4 Å². The van der Waals surface area contributed by atoms with Crippen molar-refractivity contribution in [2.75, 3.05) is 24.5 Å². The zero-order chi connectivity index (χ0) is 23.3. The van der Waals surface area contributed by atoms with Gasteiger partial charge < -0.3 is 15.5 Å². The van der Waals surface area contributed by atoms with Crippen LogP contribution in [0.3, 0.4) is 0 Å². The van der Waals surface area contributed by atoms with E-state index >= 15 is 0 Å². The smallest absolute Gasteiger partial charge is 0.217 e. The van der Waals surface area contributed by atoms with Crippen LogP contribution in [0.15, 0.2) is 30.3 Å². The van der Waals surface area contributed by atoms with E-state index in [0.717, 1.165) is 32.0 Å². The van der Waals surface area contributed by atoms with Crippen molar-refractivity contribution in [2.24, 2.45) is 0 Å². The lowest BCUT2D eigenvalue weighted by Gasteiger charge is -2.26. The minimum atomic E-state index is -0.624. The molecule has 0 bridgehead atoms. The minimum Gasteiger partial charge on any atom is -0.371 e. The number of carbonyl (C=O) groups is 1. The summed E-state index contributed by atoms with van der Waals surface area (Å²) in [4.78, 5) is 14.1.